The van der Waals surface area contributed by atoms with E-state index < -0.39 is 23.8 Å². The van der Waals surface area contributed by atoms with Gasteiger partial charge in [0.1, 0.15) is 23.7 Å². The Balaban J connectivity index is 1.86. The monoisotopic (exact) mass is 595 g/mol. The van der Waals surface area contributed by atoms with E-state index in [1.165, 1.54) is 4.90 Å². The van der Waals surface area contributed by atoms with Gasteiger partial charge < -0.3 is 33.7 Å². The Morgan fingerprint density at radius 2 is 1.81 bits per heavy atom. The lowest BCUT2D eigenvalue weighted by molar-refractivity contribution is -0.152. The third-order valence-electron chi connectivity index (χ3n) is 6.12. The summed E-state index contributed by atoms with van der Waals surface area (Å²) in [5.41, 5.74) is 2.01. The summed E-state index contributed by atoms with van der Waals surface area (Å²) in [4.78, 5) is 35.7. The number of aromatic nitrogens is 2. The lowest BCUT2D eigenvalue weighted by Crippen LogP contribution is -2.38. The molecule has 0 saturated heterocycles. The van der Waals surface area contributed by atoms with Crippen molar-refractivity contribution in [2.75, 3.05) is 34.0 Å². The molecule has 0 aliphatic rings. The first kappa shape index (κ1) is 33.3. The van der Waals surface area contributed by atoms with Crippen LogP contribution in [-0.2, 0) is 38.6 Å². The minimum Gasteiger partial charge on any atom is -0.496 e. The van der Waals surface area contributed by atoms with E-state index in [2.05, 4.69) is 9.97 Å². The smallest absolute Gasteiger partial charge is 0.410 e. The van der Waals surface area contributed by atoms with E-state index in [-0.39, 0.29) is 26.2 Å². The molecule has 11 nitrogen and oxygen atoms in total. The highest BCUT2D eigenvalue weighted by atomic mass is 16.6. The number of aliphatic hydroxyl groups is 1. The summed E-state index contributed by atoms with van der Waals surface area (Å²) in [5.74, 6) is 0.860. The number of hydrogen-bond donors (Lipinski definition) is 1. The van der Waals surface area contributed by atoms with E-state index >= 15 is 0 Å². The average molecular weight is 596 g/mol. The predicted octanol–water partition coefficient (Wildman–Crippen LogP) is 4.58. The molecular formula is C32H41N3O8. The molecule has 43 heavy (non-hydrogen) atoms. The summed E-state index contributed by atoms with van der Waals surface area (Å²) in [6.07, 6.45) is -0.285. The van der Waals surface area contributed by atoms with Gasteiger partial charge in [0.15, 0.2) is 11.9 Å². The molecule has 0 unspecified atom stereocenters. The van der Waals surface area contributed by atoms with Crippen molar-refractivity contribution in [3.8, 4) is 22.9 Å². The second kappa shape index (κ2) is 15.9. The van der Waals surface area contributed by atoms with Crippen molar-refractivity contribution in [2.24, 2.45) is 0 Å². The highest BCUT2D eigenvalue weighted by Gasteiger charge is 2.24. The lowest BCUT2D eigenvalue weighted by Gasteiger charge is -2.27. The number of methoxy groups -OCH3 is 2. The van der Waals surface area contributed by atoms with E-state index in [9.17, 15) is 14.7 Å². The zero-order valence-corrected chi connectivity index (χ0v) is 25.7. The molecule has 1 aromatic heterocycles. The molecule has 0 spiro atoms. The normalized spacial score (nSPS) is 11.9. The van der Waals surface area contributed by atoms with Gasteiger partial charge in [0.05, 0.1) is 31.6 Å². The maximum atomic E-state index is 12.9. The van der Waals surface area contributed by atoms with Crippen LogP contribution in [0.3, 0.4) is 0 Å². The van der Waals surface area contributed by atoms with Gasteiger partial charge in [0.25, 0.3) is 0 Å². The van der Waals surface area contributed by atoms with Crippen molar-refractivity contribution in [3.63, 3.8) is 0 Å². The van der Waals surface area contributed by atoms with Crippen LogP contribution in [0, 0.1) is 0 Å². The highest BCUT2D eigenvalue weighted by molar-refractivity contribution is 5.75. The van der Waals surface area contributed by atoms with Crippen molar-refractivity contribution < 1.29 is 38.4 Å². The van der Waals surface area contributed by atoms with E-state index in [0.717, 1.165) is 11.1 Å². The van der Waals surface area contributed by atoms with Crippen LogP contribution in [0.4, 0.5) is 4.79 Å². The van der Waals surface area contributed by atoms with Crippen LogP contribution in [0.2, 0.25) is 0 Å². The SMILES string of the molecule is CCOC(=O)[C@H](O)Cc1cc(CN(CCOC)C(=O)OC(C)(C)C)ccc1OCc1ccnc(-c2ccccc2OC)n1. The number of nitrogens with zero attached hydrogens (tertiary/aromatic N) is 3. The molecule has 3 aromatic rings. The molecule has 11 heteroatoms. The fourth-order valence-corrected chi connectivity index (χ4v) is 4.13. The maximum absolute atomic E-state index is 12.9. The quantitative estimate of drug-likeness (QED) is 0.264. The summed E-state index contributed by atoms with van der Waals surface area (Å²) in [5, 5.41) is 10.6. The van der Waals surface area contributed by atoms with Crippen LogP contribution < -0.4 is 9.47 Å². The van der Waals surface area contributed by atoms with Crippen LogP contribution in [-0.4, -0.2) is 77.7 Å². The summed E-state index contributed by atoms with van der Waals surface area (Å²) in [6.45, 7) is 8.18. The zero-order chi connectivity index (χ0) is 31.4. The van der Waals surface area contributed by atoms with Crippen molar-refractivity contribution in [1.29, 1.82) is 0 Å². The Kier molecular flexibility index (Phi) is 12.3. The number of rotatable bonds is 14. The van der Waals surface area contributed by atoms with Crippen LogP contribution >= 0.6 is 0 Å². The number of amides is 1. The lowest BCUT2D eigenvalue weighted by atomic mass is 10.0. The maximum Gasteiger partial charge on any atom is 0.410 e. The number of carbonyl (C=O) groups excluding carboxylic acids is 2. The molecule has 232 valence electrons. The van der Waals surface area contributed by atoms with Gasteiger partial charge in [0.2, 0.25) is 0 Å². The second-order valence-corrected chi connectivity index (χ2v) is 10.7. The molecule has 1 N–H and O–H groups in total. The van der Waals surface area contributed by atoms with Gasteiger partial charge in [-0.2, -0.15) is 0 Å². The fourth-order valence-electron chi connectivity index (χ4n) is 4.13. The minimum absolute atomic E-state index is 0.0528. The summed E-state index contributed by atoms with van der Waals surface area (Å²) >= 11 is 0. The summed E-state index contributed by atoms with van der Waals surface area (Å²) in [6, 6.07) is 14.6. The molecule has 0 radical (unpaired) electrons. The van der Waals surface area contributed by atoms with E-state index in [1.807, 2.05) is 30.3 Å². The topological polar surface area (TPSA) is 130 Å². The Morgan fingerprint density at radius 1 is 1.05 bits per heavy atom. The van der Waals surface area contributed by atoms with E-state index in [0.29, 0.717) is 41.7 Å². The van der Waals surface area contributed by atoms with Gasteiger partial charge in [-0.3, -0.25) is 0 Å². The zero-order valence-electron chi connectivity index (χ0n) is 25.7. The number of aliphatic hydroxyl groups excluding tert-OH is 1. The number of esters is 1. The molecule has 1 heterocycles. The van der Waals surface area contributed by atoms with Crippen molar-refractivity contribution in [1.82, 2.24) is 14.9 Å². The van der Waals surface area contributed by atoms with Gasteiger partial charge in [-0.05, 0) is 63.1 Å². The first-order chi connectivity index (χ1) is 20.5. The largest absolute Gasteiger partial charge is 0.496 e. The van der Waals surface area contributed by atoms with Crippen LogP contribution in [0.25, 0.3) is 11.4 Å². The number of benzene rings is 2. The fraction of sp³-hybridized carbons (Fsp3) is 0.438. The average Bonchev–Trinajstić information content (AvgIpc) is 2.98. The molecule has 2 aromatic carbocycles. The Morgan fingerprint density at radius 3 is 2.51 bits per heavy atom. The van der Waals surface area contributed by atoms with Crippen LogP contribution in [0.1, 0.15) is 44.5 Å². The Hall–Kier alpha value is -4.22. The second-order valence-electron chi connectivity index (χ2n) is 10.7. The number of para-hydroxylation sites is 1. The van der Waals surface area contributed by atoms with E-state index in [1.54, 1.807) is 66.3 Å². The number of carbonyl (C=O) groups is 2. The molecule has 3 rings (SSSR count). The van der Waals surface area contributed by atoms with Gasteiger partial charge in [-0.25, -0.2) is 19.6 Å². The molecular weight excluding hydrogens is 554 g/mol. The molecule has 0 aliphatic carbocycles. The standard InChI is InChI=1S/C32H41N3O8/c1-7-41-30(37)26(36)19-23-18-22(20-35(16-17-39-5)31(38)43-32(2,3)4)12-13-27(23)42-21-24-14-15-33-29(34-24)25-10-8-9-11-28(25)40-6/h8-15,18,26,36H,7,16-17,19-21H2,1-6H3/t26-/m1/s1. The third-order valence-corrected chi connectivity index (χ3v) is 6.12. The van der Waals surface area contributed by atoms with Crippen LogP contribution in [0.15, 0.2) is 54.7 Å². The number of hydrogen-bond acceptors (Lipinski definition) is 10. The summed E-state index contributed by atoms with van der Waals surface area (Å²) < 4.78 is 27.3. The first-order valence-corrected chi connectivity index (χ1v) is 14.1. The highest BCUT2D eigenvalue weighted by Crippen LogP contribution is 2.28. The molecule has 0 saturated carbocycles. The van der Waals surface area contributed by atoms with Crippen molar-refractivity contribution in [2.45, 2.75) is 59.0 Å². The van der Waals surface area contributed by atoms with Gasteiger partial charge >= 0.3 is 12.1 Å². The first-order valence-electron chi connectivity index (χ1n) is 14.1. The van der Waals surface area contributed by atoms with E-state index in [4.69, 9.17) is 23.7 Å². The van der Waals surface area contributed by atoms with Gasteiger partial charge in [-0.1, -0.05) is 24.3 Å². The molecule has 1 amide bonds. The Bertz CT molecular complexity index is 1360. The molecule has 0 fully saturated rings. The van der Waals surface area contributed by atoms with Gasteiger partial charge in [-0.15, -0.1) is 0 Å². The third kappa shape index (κ3) is 10.2. The number of ether oxygens (including phenoxy) is 5. The molecule has 0 bridgehead atoms. The predicted molar refractivity (Wildman–Crippen MR) is 160 cm³/mol. The van der Waals surface area contributed by atoms with Gasteiger partial charge in [0, 0.05) is 32.8 Å². The minimum atomic E-state index is -1.40. The van der Waals surface area contributed by atoms with Crippen molar-refractivity contribution in [3.05, 3.63) is 71.5 Å². The Labute approximate surface area is 252 Å². The molecule has 0 aliphatic heterocycles. The summed E-state index contributed by atoms with van der Waals surface area (Å²) in [7, 11) is 3.15. The van der Waals surface area contributed by atoms with Crippen molar-refractivity contribution >= 4 is 12.1 Å². The van der Waals surface area contributed by atoms with Crippen LogP contribution in [0.5, 0.6) is 11.5 Å². The molecule has 1 atom stereocenters.